The summed E-state index contributed by atoms with van der Waals surface area (Å²) in [5, 5.41) is 0. The van der Waals surface area contributed by atoms with Crippen molar-refractivity contribution in [2.24, 2.45) is 11.8 Å². The van der Waals surface area contributed by atoms with Crippen molar-refractivity contribution in [3.63, 3.8) is 0 Å². The third-order valence-electron chi connectivity index (χ3n) is 5.32. The standard InChI is InChI=1S/C19H24O7/c1-4-23-18(20)14-13-16(14)25-12-9-24-19(26-15(12)17(13)22-3)10-5-7-11(21-2)8-6-10/h5-8,12-17,19H,4,9H2,1-3H3/t12?,13-,14?,15+,16-,17+,19+/m0/s1. The van der Waals surface area contributed by atoms with Crippen LogP contribution >= 0.6 is 0 Å². The molecular weight excluding hydrogens is 340 g/mol. The number of esters is 1. The van der Waals surface area contributed by atoms with E-state index in [9.17, 15) is 4.79 Å². The number of ether oxygens (including phenoxy) is 6. The van der Waals surface area contributed by atoms with Gasteiger partial charge in [-0.3, -0.25) is 4.79 Å². The molecule has 0 N–H and O–H groups in total. The van der Waals surface area contributed by atoms with E-state index < -0.39 is 6.29 Å². The molecule has 3 fully saturated rings. The molecule has 1 aromatic carbocycles. The Hall–Kier alpha value is -1.67. The van der Waals surface area contributed by atoms with E-state index in [0.717, 1.165) is 11.3 Å². The van der Waals surface area contributed by atoms with Crippen molar-refractivity contribution in [1.29, 1.82) is 0 Å². The molecule has 0 amide bonds. The highest BCUT2D eigenvalue weighted by Crippen LogP contribution is 2.53. The van der Waals surface area contributed by atoms with E-state index in [1.165, 1.54) is 0 Å². The van der Waals surface area contributed by atoms with Crippen LogP contribution in [0.15, 0.2) is 24.3 Å². The first-order chi connectivity index (χ1) is 12.7. The van der Waals surface area contributed by atoms with Crippen LogP contribution in [0.4, 0.5) is 0 Å². The number of carbonyl (C=O) groups is 1. The molecule has 3 aliphatic rings. The lowest BCUT2D eigenvalue weighted by molar-refractivity contribution is -0.303. The highest BCUT2D eigenvalue weighted by molar-refractivity contribution is 5.77. The SMILES string of the molecule is CCOC(=O)C1[C@@H]2[C@@H](OC)[C@@H]3O[C@H](c4ccc(OC)cc4)OCC3O[C@H]12. The first-order valence-corrected chi connectivity index (χ1v) is 8.93. The van der Waals surface area contributed by atoms with Gasteiger partial charge in [0, 0.05) is 18.6 Å². The molecule has 2 heterocycles. The molecule has 0 spiro atoms. The van der Waals surface area contributed by atoms with Gasteiger partial charge in [0.2, 0.25) is 0 Å². The van der Waals surface area contributed by atoms with Crippen LogP contribution in [0.2, 0.25) is 0 Å². The molecule has 7 nitrogen and oxygen atoms in total. The van der Waals surface area contributed by atoms with Crippen LogP contribution < -0.4 is 4.74 Å². The number of benzene rings is 1. The van der Waals surface area contributed by atoms with E-state index in [-0.39, 0.29) is 42.2 Å². The molecule has 0 aromatic heterocycles. The Morgan fingerprint density at radius 3 is 2.58 bits per heavy atom. The molecule has 0 bridgehead atoms. The van der Waals surface area contributed by atoms with E-state index in [1.807, 2.05) is 24.3 Å². The van der Waals surface area contributed by atoms with Crippen molar-refractivity contribution < 1.29 is 33.2 Å². The zero-order valence-corrected chi connectivity index (χ0v) is 15.1. The van der Waals surface area contributed by atoms with Gasteiger partial charge in [0.05, 0.1) is 38.4 Å². The zero-order chi connectivity index (χ0) is 18.3. The summed E-state index contributed by atoms with van der Waals surface area (Å²) in [4.78, 5) is 12.1. The van der Waals surface area contributed by atoms with Crippen molar-refractivity contribution in [2.75, 3.05) is 27.4 Å². The molecule has 7 heteroatoms. The van der Waals surface area contributed by atoms with Crippen LogP contribution in [-0.2, 0) is 28.5 Å². The van der Waals surface area contributed by atoms with Gasteiger partial charge in [0.25, 0.3) is 0 Å². The summed E-state index contributed by atoms with van der Waals surface area (Å²) >= 11 is 0. The molecule has 2 aliphatic heterocycles. The third-order valence-corrected chi connectivity index (χ3v) is 5.32. The summed E-state index contributed by atoms with van der Waals surface area (Å²) in [7, 11) is 3.27. The molecule has 26 heavy (non-hydrogen) atoms. The van der Waals surface area contributed by atoms with Crippen LogP contribution in [0.1, 0.15) is 18.8 Å². The topological polar surface area (TPSA) is 72.5 Å². The van der Waals surface area contributed by atoms with Crippen molar-refractivity contribution in [3.05, 3.63) is 29.8 Å². The summed E-state index contributed by atoms with van der Waals surface area (Å²) < 4.78 is 34.1. The Labute approximate surface area is 152 Å². The lowest BCUT2D eigenvalue weighted by Crippen LogP contribution is -2.53. The number of carbonyl (C=O) groups excluding carboxylic acids is 1. The predicted molar refractivity (Wildman–Crippen MR) is 89.6 cm³/mol. The molecule has 1 aromatic rings. The van der Waals surface area contributed by atoms with Crippen LogP contribution in [0.3, 0.4) is 0 Å². The van der Waals surface area contributed by atoms with Crippen molar-refractivity contribution in [2.45, 2.75) is 37.6 Å². The minimum atomic E-state index is -0.500. The van der Waals surface area contributed by atoms with Gasteiger partial charge in [-0.2, -0.15) is 0 Å². The van der Waals surface area contributed by atoms with Crippen LogP contribution in [0, 0.1) is 11.8 Å². The largest absolute Gasteiger partial charge is 0.497 e. The third kappa shape index (κ3) is 2.99. The Morgan fingerprint density at radius 1 is 1.15 bits per heavy atom. The van der Waals surface area contributed by atoms with Gasteiger partial charge in [0.1, 0.15) is 18.0 Å². The molecule has 142 valence electrons. The summed E-state index contributed by atoms with van der Waals surface area (Å²) in [6.07, 6.45) is -1.45. The second kappa shape index (κ2) is 7.15. The molecule has 7 atom stereocenters. The van der Waals surface area contributed by atoms with Gasteiger partial charge in [-0.05, 0) is 19.1 Å². The lowest BCUT2D eigenvalue weighted by atomic mass is 9.99. The number of fused-ring (bicyclic) bond motifs is 2. The Bertz CT molecular complexity index is 646. The number of hydrogen-bond acceptors (Lipinski definition) is 7. The molecule has 2 unspecified atom stereocenters. The number of rotatable bonds is 5. The van der Waals surface area contributed by atoms with Gasteiger partial charge in [-0.25, -0.2) is 0 Å². The Balaban J connectivity index is 1.48. The van der Waals surface area contributed by atoms with Crippen LogP contribution in [0.25, 0.3) is 0 Å². The van der Waals surface area contributed by atoms with Crippen molar-refractivity contribution in [3.8, 4) is 5.75 Å². The van der Waals surface area contributed by atoms with E-state index in [0.29, 0.717) is 13.2 Å². The van der Waals surface area contributed by atoms with E-state index >= 15 is 0 Å². The maximum absolute atomic E-state index is 12.1. The lowest BCUT2D eigenvalue weighted by Gasteiger charge is -2.42. The van der Waals surface area contributed by atoms with E-state index in [2.05, 4.69) is 0 Å². The van der Waals surface area contributed by atoms with Crippen LogP contribution in [-0.4, -0.2) is 57.8 Å². The second-order valence-electron chi connectivity index (χ2n) is 6.73. The predicted octanol–water partition coefficient (Wildman–Crippen LogP) is 1.70. The first-order valence-electron chi connectivity index (χ1n) is 8.93. The summed E-state index contributed by atoms with van der Waals surface area (Å²) in [6, 6.07) is 7.56. The normalized spacial score (nSPS) is 38.0. The monoisotopic (exact) mass is 364 g/mol. The maximum atomic E-state index is 12.1. The first kappa shape index (κ1) is 17.7. The van der Waals surface area contributed by atoms with E-state index in [4.69, 9.17) is 28.4 Å². The second-order valence-corrected chi connectivity index (χ2v) is 6.73. The van der Waals surface area contributed by atoms with Gasteiger partial charge in [0.15, 0.2) is 6.29 Å². The fraction of sp³-hybridized carbons (Fsp3) is 0.632. The number of hydrogen-bond donors (Lipinski definition) is 0. The minimum Gasteiger partial charge on any atom is -0.497 e. The van der Waals surface area contributed by atoms with Gasteiger partial charge >= 0.3 is 5.97 Å². The van der Waals surface area contributed by atoms with E-state index in [1.54, 1.807) is 21.1 Å². The maximum Gasteiger partial charge on any atom is 0.312 e. The van der Waals surface area contributed by atoms with Gasteiger partial charge in [-0.15, -0.1) is 0 Å². The fourth-order valence-electron chi connectivity index (χ4n) is 4.00. The molecule has 2 saturated heterocycles. The van der Waals surface area contributed by atoms with Crippen LogP contribution in [0.5, 0.6) is 5.75 Å². The zero-order valence-electron chi connectivity index (χ0n) is 15.1. The average molecular weight is 364 g/mol. The molecule has 0 radical (unpaired) electrons. The van der Waals surface area contributed by atoms with Crippen molar-refractivity contribution >= 4 is 5.97 Å². The summed E-state index contributed by atoms with van der Waals surface area (Å²) in [6.45, 7) is 2.55. The molecule has 1 saturated carbocycles. The average Bonchev–Trinajstić information content (AvgIpc) is 3.39. The Morgan fingerprint density at radius 2 is 1.92 bits per heavy atom. The highest BCUT2D eigenvalue weighted by atomic mass is 16.7. The van der Waals surface area contributed by atoms with Gasteiger partial charge < -0.3 is 28.4 Å². The molecule has 1 aliphatic carbocycles. The Kier molecular flexibility index (Phi) is 4.88. The minimum absolute atomic E-state index is 0.0325. The van der Waals surface area contributed by atoms with Crippen molar-refractivity contribution in [1.82, 2.24) is 0 Å². The van der Waals surface area contributed by atoms with Gasteiger partial charge in [-0.1, -0.05) is 12.1 Å². The number of methoxy groups -OCH3 is 2. The fourth-order valence-corrected chi connectivity index (χ4v) is 4.00. The summed E-state index contributed by atoms with van der Waals surface area (Å²) in [5.41, 5.74) is 0.902. The highest BCUT2D eigenvalue weighted by Gasteiger charge is 2.67. The smallest absolute Gasteiger partial charge is 0.312 e. The quantitative estimate of drug-likeness (QED) is 0.737. The summed E-state index contributed by atoms with van der Waals surface area (Å²) in [5.74, 6) is 0.232. The molecule has 4 rings (SSSR count). The molecular formula is C19H24O7.